The average molecular weight is 375 g/mol. The van der Waals surface area contributed by atoms with Crippen LogP contribution in [-0.2, 0) is 4.79 Å². The van der Waals surface area contributed by atoms with E-state index in [1.807, 2.05) is 18.2 Å². The average Bonchev–Trinajstić information content (AvgIpc) is 2.84. The second-order valence-corrected chi connectivity index (χ2v) is 11.0. The predicted molar refractivity (Wildman–Crippen MR) is 103 cm³/mol. The lowest BCUT2D eigenvalue weighted by Gasteiger charge is -2.64. The maximum atomic E-state index is 13.3. The number of hydrogen-bond acceptors (Lipinski definition) is 3. The van der Waals surface area contributed by atoms with Crippen molar-refractivity contribution in [3.63, 3.8) is 0 Å². The second-order valence-electron chi connectivity index (χ2n) is 9.50. The summed E-state index contributed by atoms with van der Waals surface area (Å²) in [6, 6.07) is 5.67. The van der Waals surface area contributed by atoms with Crippen molar-refractivity contribution in [3.05, 3.63) is 23.2 Å². The number of benzene rings is 1. The van der Waals surface area contributed by atoms with E-state index in [0.29, 0.717) is 26.9 Å². The first-order valence-corrected chi connectivity index (χ1v) is 10.3. The van der Waals surface area contributed by atoms with Crippen molar-refractivity contribution in [2.75, 3.05) is 5.32 Å². The van der Waals surface area contributed by atoms with Gasteiger partial charge in [0.2, 0.25) is 5.91 Å². The van der Waals surface area contributed by atoms with Gasteiger partial charge < -0.3 is 5.32 Å². The summed E-state index contributed by atoms with van der Waals surface area (Å²) in [6.45, 7) is 4.80. The first-order valence-electron chi connectivity index (χ1n) is 9.14. The van der Waals surface area contributed by atoms with Crippen molar-refractivity contribution in [1.82, 2.24) is 4.98 Å². The molecule has 4 fully saturated rings. The fourth-order valence-electron chi connectivity index (χ4n) is 6.88. The van der Waals surface area contributed by atoms with Crippen molar-refractivity contribution in [1.29, 1.82) is 0 Å². The molecular weight excluding hydrogens is 352 g/mol. The van der Waals surface area contributed by atoms with Crippen LogP contribution in [0.4, 0.5) is 5.13 Å². The van der Waals surface area contributed by atoms with E-state index < -0.39 is 0 Å². The van der Waals surface area contributed by atoms with Gasteiger partial charge in [-0.15, -0.1) is 0 Å². The van der Waals surface area contributed by atoms with Crippen LogP contribution in [0, 0.1) is 22.2 Å². The zero-order valence-corrected chi connectivity index (χ0v) is 16.3. The number of carbonyl (C=O) groups excluding carboxylic acids is 1. The number of aromatic nitrogens is 1. The van der Waals surface area contributed by atoms with Crippen LogP contribution in [0.1, 0.15) is 52.4 Å². The normalized spacial score (nSPS) is 39.1. The number of fused-ring (bicyclic) bond motifs is 1. The molecule has 1 aromatic heterocycles. The number of nitrogens with zero attached hydrogens (tertiary/aromatic N) is 1. The molecule has 4 aliphatic carbocycles. The molecule has 4 aliphatic rings. The minimum Gasteiger partial charge on any atom is -0.301 e. The van der Waals surface area contributed by atoms with E-state index in [1.165, 1.54) is 30.6 Å². The molecular formula is C20H23ClN2OS. The maximum absolute atomic E-state index is 13.3. The van der Waals surface area contributed by atoms with Gasteiger partial charge in [-0.05, 0) is 73.5 Å². The van der Waals surface area contributed by atoms with Crippen LogP contribution in [0.5, 0.6) is 0 Å². The molecule has 3 nitrogen and oxygen atoms in total. The number of anilines is 1. The van der Waals surface area contributed by atoms with Crippen LogP contribution in [0.15, 0.2) is 18.2 Å². The number of halogens is 1. The van der Waals surface area contributed by atoms with Gasteiger partial charge in [0.15, 0.2) is 5.13 Å². The molecule has 1 N–H and O–H groups in total. The fraction of sp³-hybridized carbons (Fsp3) is 0.600. The molecule has 0 spiro atoms. The van der Waals surface area contributed by atoms with Crippen LogP contribution in [0.3, 0.4) is 0 Å². The lowest BCUT2D eigenvalue weighted by molar-refractivity contribution is -0.165. The molecule has 132 valence electrons. The molecule has 5 heteroatoms. The van der Waals surface area contributed by atoms with Crippen molar-refractivity contribution >= 4 is 44.2 Å². The summed E-state index contributed by atoms with van der Waals surface area (Å²) >= 11 is 7.58. The monoisotopic (exact) mass is 374 g/mol. The van der Waals surface area contributed by atoms with Gasteiger partial charge in [-0.3, -0.25) is 4.79 Å². The Hall–Kier alpha value is -1.13. The molecule has 2 atom stereocenters. The lowest BCUT2D eigenvalue weighted by atomic mass is 9.40. The van der Waals surface area contributed by atoms with Crippen LogP contribution in [-0.4, -0.2) is 10.9 Å². The molecule has 1 aromatic carbocycles. The molecule has 1 heterocycles. The van der Waals surface area contributed by atoms with E-state index in [4.69, 9.17) is 11.6 Å². The van der Waals surface area contributed by atoms with Gasteiger partial charge in [-0.2, -0.15) is 0 Å². The Morgan fingerprint density at radius 1 is 1.20 bits per heavy atom. The number of amides is 1. The quantitative estimate of drug-likeness (QED) is 0.712. The summed E-state index contributed by atoms with van der Waals surface area (Å²) in [6.07, 6.45) is 7.02. The van der Waals surface area contributed by atoms with E-state index >= 15 is 0 Å². The van der Waals surface area contributed by atoms with E-state index in [0.717, 1.165) is 29.5 Å². The Balaban J connectivity index is 1.45. The van der Waals surface area contributed by atoms with Crippen molar-refractivity contribution in [2.24, 2.45) is 22.2 Å². The summed E-state index contributed by atoms with van der Waals surface area (Å²) < 4.78 is 1.02. The number of rotatable bonds is 2. The van der Waals surface area contributed by atoms with Crippen molar-refractivity contribution < 1.29 is 4.79 Å². The highest BCUT2D eigenvalue weighted by Crippen LogP contribution is 2.69. The number of thiazole rings is 1. The number of hydrogen-bond donors (Lipinski definition) is 1. The highest BCUT2D eigenvalue weighted by atomic mass is 35.5. The zero-order chi connectivity index (χ0) is 17.4. The molecule has 2 unspecified atom stereocenters. The van der Waals surface area contributed by atoms with Crippen LogP contribution in [0.25, 0.3) is 10.2 Å². The second kappa shape index (κ2) is 4.98. The summed E-state index contributed by atoms with van der Waals surface area (Å²) in [5.41, 5.74) is 1.38. The molecule has 0 saturated heterocycles. The summed E-state index contributed by atoms with van der Waals surface area (Å²) in [5.74, 6) is 0.908. The van der Waals surface area contributed by atoms with E-state index in [1.54, 1.807) is 0 Å². The first-order chi connectivity index (χ1) is 11.8. The highest BCUT2D eigenvalue weighted by Gasteiger charge is 2.62. The molecule has 0 aliphatic heterocycles. The van der Waals surface area contributed by atoms with E-state index in [9.17, 15) is 4.79 Å². The van der Waals surface area contributed by atoms with Crippen molar-refractivity contribution in [2.45, 2.75) is 52.4 Å². The topological polar surface area (TPSA) is 42.0 Å². The molecule has 1 amide bonds. The number of nitrogens with one attached hydrogen (secondary N) is 1. The molecule has 6 rings (SSSR count). The third-order valence-electron chi connectivity index (χ3n) is 6.68. The smallest absolute Gasteiger partial charge is 0.232 e. The Bertz CT molecular complexity index is 873. The van der Waals surface area contributed by atoms with Gasteiger partial charge in [0, 0.05) is 5.02 Å². The summed E-state index contributed by atoms with van der Waals surface area (Å²) in [5, 5.41) is 4.57. The summed E-state index contributed by atoms with van der Waals surface area (Å²) in [4.78, 5) is 17.9. The van der Waals surface area contributed by atoms with E-state index in [2.05, 4.69) is 24.1 Å². The minimum atomic E-state index is -0.196. The third kappa shape index (κ3) is 2.52. The van der Waals surface area contributed by atoms with Gasteiger partial charge >= 0.3 is 0 Å². The molecule has 4 saturated carbocycles. The van der Waals surface area contributed by atoms with Gasteiger partial charge in [-0.1, -0.05) is 36.8 Å². The van der Waals surface area contributed by atoms with Gasteiger partial charge in [0.25, 0.3) is 0 Å². The van der Waals surface area contributed by atoms with E-state index in [-0.39, 0.29) is 11.3 Å². The Morgan fingerprint density at radius 3 is 2.60 bits per heavy atom. The summed E-state index contributed by atoms with van der Waals surface area (Å²) in [7, 11) is 0. The maximum Gasteiger partial charge on any atom is 0.232 e. The van der Waals surface area contributed by atoms with Crippen LogP contribution < -0.4 is 5.32 Å². The number of carbonyl (C=O) groups is 1. The lowest BCUT2D eigenvalue weighted by Crippen LogP contribution is -2.58. The van der Waals surface area contributed by atoms with Gasteiger partial charge in [-0.25, -0.2) is 4.98 Å². The molecule has 4 bridgehead atoms. The Labute approximate surface area is 157 Å². The predicted octanol–water partition coefficient (Wildman–Crippen LogP) is 5.88. The van der Waals surface area contributed by atoms with Gasteiger partial charge in [0.1, 0.15) is 0 Å². The van der Waals surface area contributed by atoms with Crippen LogP contribution >= 0.6 is 22.9 Å². The molecule has 2 aromatic rings. The Kier molecular flexibility index (Phi) is 3.20. The largest absolute Gasteiger partial charge is 0.301 e. The fourth-order valence-corrected chi connectivity index (χ4v) is 8.02. The molecule has 0 radical (unpaired) electrons. The standard InChI is InChI=1S/C20H23ClN2OS/c1-18-6-12-7-19(2,9-18)11-20(8-12,10-18)16(24)23-17-22-14-4-3-13(21)5-15(14)25-17/h3-5,12H,6-11H2,1-2H3,(H,22,23,24). The zero-order valence-electron chi connectivity index (χ0n) is 14.7. The van der Waals surface area contributed by atoms with Crippen LogP contribution in [0.2, 0.25) is 5.02 Å². The Morgan fingerprint density at radius 2 is 1.92 bits per heavy atom. The highest BCUT2D eigenvalue weighted by molar-refractivity contribution is 7.22. The molecule has 25 heavy (non-hydrogen) atoms. The SMILES string of the molecule is CC12CC3CC(C)(C1)CC(C(=O)Nc1nc4ccc(Cl)cc4s1)(C3)C2. The third-order valence-corrected chi connectivity index (χ3v) is 7.85. The minimum absolute atomic E-state index is 0.194. The van der Waals surface area contributed by atoms with Gasteiger partial charge in [0.05, 0.1) is 15.6 Å². The van der Waals surface area contributed by atoms with Crippen molar-refractivity contribution in [3.8, 4) is 0 Å². The first kappa shape index (κ1) is 16.1.